The van der Waals surface area contributed by atoms with Gasteiger partial charge in [0.15, 0.2) is 5.13 Å². The molecule has 146 valence electrons. The van der Waals surface area contributed by atoms with Crippen LogP contribution in [0.1, 0.15) is 40.5 Å². The Morgan fingerprint density at radius 2 is 1.76 bits per heavy atom. The number of ether oxygens (including phenoxy) is 1. The van der Waals surface area contributed by atoms with Crippen molar-refractivity contribution in [2.24, 2.45) is 0 Å². The van der Waals surface area contributed by atoms with Crippen LogP contribution in [0, 0.1) is 0 Å². The summed E-state index contributed by atoms with van der Waals surface area (Å²) in [5.74, 6) is 1.07. The average molecular weight is 403 g/mol. The molecule has 2 aromatic carbocycles. The molecule has 0 saturated heterocycles. The van der Waals surface area contributed by atoms with Crippen molar-refractivity contribution in [1.82, 2.24) is 4.98 Å². The highest BCUT2D eigenvalue weighted by Crippen LogP contribution is 2.45. The monoisotopic (exact) mass is 402 g/mol. The molecule has 2 aliphatic rings. The predicted octanol–water partition coefficient (Wildman–Crippen LogP) is 5.48. The number of carbonyl (C=O) groups is 1. The Labute approximate surface area is 174 Å². The number of fused-ring (bicyclic) bond motifs is 3. The number of aromatic nitrogens is 1. The third-order valence-corrected chi connectivity index (χ3v) is 6.75. The number of rotatable bonds is 4. The van der Waals surface area contributed by atoms with Gasteiger partial charge in [-0.3, -0.25) is 9.69 Å². The molecule has 0 unspecified atom stereocenters. The molecule has 1 amide bonds. The first kappa shape index (κ1) is 18.1. The molecule has 0 bridgehead atoms. The van der Waals surface area contributed by atoms with E-state index >= 15 is 0 Å². The van der Waals surface area contributed by atoms with E-state index in [2.05, 4.69) is 6.58 Å². The molecule has 0 fully saturated rings. The molecular weight excluding hydrogens is 380 g/mol. The Hall–Kier alpha value is -2.92. The summed E-state index contributed by atoms with van der Waals surface area (Å²) in [6.07, 6.45) is 6.21. The highest BCUT2D eigenvalue weighted by molar-refractivity contribution is 7.16. The Kier molecular flexibility index (Phi) is 4.68. The predicted molar refractivity (Wildman–Crippen MR) is 116 cm³/mol. The number of anilines is 1. The number of thiazole rings is 1. The van der Waals surface area contributed by atoms with E-state index < -0.39 is 5.92 Å². The third kappa shape index (κ3) is 3.15. The molecule has 29 heavy (non-hydrogen) atoms. The maximum absolute atomic E-state index is 13.9. The summed E-state index contributed by atoms with van der Waals surface area (Å²) in [4.78, 5) is 21.9. The zero-order valence-corrected chi connectivity index (χ0v) is 17.0. The fraction of sp³-hybridized carbons (Fsp3) is 0.250. The smallest absolute Gasteiger partial charge is 0.241 e. The topological polar surface area (TPSA) is 42.4 Å². The van der Waals surface area contributed by atoms with Gasteiger partial charge in [-0.25, -0.2) is 4.98 Å². The summed E-state index contributed by atoms with van der Waals surface area (Å²) in [6.45, 7) is 4.32. The van der Waals surface area contributed by atoms with Crippen LogP contribution in [0.2, 0.25) is 0 Å². The molecule has 1 aliphatic carbocycles. The largest absolute Gasteiger partial charge is 0.457 e. The van der Waals surface area contributed by atoms with E-state index in [0.29, 0.717) is 6.54 Å². The second-order valence-electron chi connectivity index (χ2n) is 7.42. The van der Waals surface area contributed by atoms with E-state index in [1.807, 2.05) is 48.5 Å². The number of amides is 1. The lowest BCUT2D eigenvalue weighted by Crippen LogP contribution is -2.36. The van der Waals surface area contributed by atoms with Crippen LogP contribution in [-0.4, -0.2) is 17.4 Å². The lowest BCUT2D eigenvalue weighted by Gasteiger charge is -2.30. The molecule has 5 rings (SSSR count). The van der Waals surface area contributed by atoms with Gasteiger partial charge in [0.2, 0.25) is 5.91 Å². The fourth-order valence-corrected chi connectivity index (χ4v) is 5.34. The fourth-order valence-electron chi connectivity index (χ4n) is 4.18. The van der Waals surface area contributed by atoms with Crippen molar-refractivity contribution in [3.8, 4) is 11.5 Å². The summed E-state index contributed by atoms with van der Waals surface area (Å²) in [6, 6.07) is 15.6. The van der Waals surface area contributed by atoms with Gasteiger partial charge in [0.1, 0.15) is 11.5 Å². The van der Waals surface area contributed by atoms with Gasteiger partial charge in [-0.2, -0.15) is 0 Å². The lowest BCUT2D eigenvalue weighted by atomic mass is 9.87. The zero-order chi connectivity index (χ0) is 19.8. The maximum atomic E-state index is 13.9. The van der Waals surface area contributed by atoms with E-state index in [1.165, 1.54) is 17.7 Å². The van der Waals surface area contributed by atoms with Crippen molar-refractivity contribution >= 4 is 22.4 Å². The number of hydrogen-bond donors (Lipinski definition) is 0. The van der Waals surface area contributed by atoms with E-state index in [4.69, 9.17) is 9.72 Å². The molecule has 0 saturated carbocycles. The van der Waals surface area contributed by atoms with Crippen LogP contribution in [-0.2, 0) is 17.6 Å². The number of nitrogens with zero attached hydrogens (tertiary/aromatic N) is 2. The summed E-state index contributed by atoms with van der Waals surface area (Å²) >= 11 is 1.65. The molecule has 0 atom stereocenters. The van der Waals surface area contributed by atoms with E-state index in [1.54, 1.807) is 22.3 Å². The molecule has 1 aliphatic heterocycles. The van der Waals surface area contributed by atoms with E-state index in [9.17, 15) is 4.79 Å². The molecule has 0 spiro atoms. The first-order chi connectivity index (χ1) is 14.3. The van der Waals surface area contributed by atoms with Crippen molar-refractivity contribution in [2.45, 2.75) is 31.6 Å². The standard InChI is InChI=1S/C24H22N2O2S/c1-2-15-26(24-25-18-11-5-8-14-21(18)29-24)23(27)22-16-9-3-6-12-19(16)28-20-13-7-4-10-17(20)22/h2-4,6-7,9-10,12-13,22H,1,5,8,11,14-15H2. The van der Waals surface area contributed by atoms with Gasteiger partial charge in [-0.05, 0) is 37.8 Å². The van der Waals surface area contributed by atoms with Crippen LogP contribution in [0.4, 0.5) is 5.13 Å². The molecule has 5 heteroatoms. The first-order valence-electron chi connectivity index (χ1n) is 10.0. The minimum Gasteiger partial charge on any atom is -0.457 e. The van der Waals surface area contributed by atoms with E-state index in [-0.39, 0.29) is 5.91 Å². The van der Waals surface area contributed by atoms with Gasteiger partial charge in [-0.15, -0.1) is 17.9 Å². The number of benzene rings is 2. The normalized spacial score (nSPS) is 14.9. The molecule has 0 radical (unpaired) electrons. The van der Waals surface area contributed by atoms with Crippen molar-refractivity contribution < 1.29 is 9.53 Å². The lowest BCUT2D eigenvalue weighted by molar-refractivity contribution is -0.119. The second kappa shape index (κ2) is 7.48. The Balaban J connectivity index is 1.59. The van der Waals surface area contributed by atoms with Crippen LogP contribution in [0.25, 0.3) is 0 Å². The molecule has 2 heterocycles. The molecule has 3 aromatic rings. The van der Waals surface area contributed by atoms with Gasteiger partial charge in [0.25, 0.3) is 0 Å². The van der Waals surface area contributed by atoms with Crippen LogP contribution >= 0.6 is 11.3 Å². The van der Waals surface area contributed by atoms with Gasteiger partial charge in [-0.1, -0.05) is 42.5 Å². The van der Waals surface area contributed by atoms with Gasteiger partial charge >= 0.3 is 0 Å². The quantitative estimate of drug-likeness (QED) is 0.543. The zero-order valence-electron chi connectivity index (χ0n) is 16.1. The maximum Gasteiger partial charge on any atom is 0.241 e. The highest BCUT2D eigenvalue weighted by atomic mass is 32.1. The summed E-state index contributed by atoms with van der Waals surface area (Å²) < 4.78 is 6.07. The number of para-hydroxylation sites is 2. The van der Waals surface area contributed by atoms with Crippen molar-refractivity contribution in [3.05, 3.63) is 82.9 Å². The SMILES string of the molecule is C=CCN(C(=O)C1c2ccccc2Oc2ccccc21)c1nc2c(s1)CCCC2. The molecular formula is C24H22N2O2S. The van der Waals surface area contributed by atoms with Crippen LogP contribution in [0.3, 0.4) is 0 Å². The summed E-state index contributed by atoms with van der Waals surface area (Å²) in [5, 5.41) is 0.781. The van der Waals surface area contributed by atoms with Crippen molar-refractivity contribution in [3.63, 3.8) is 0 Å². The summed E-state index contributed by atoms with van der Waals surface area (Å²) in [7, 11) is 0. The number of carbonyl (C=O) groups excluding carboxylic acids is 1. The van der Waals surface area contributed by atoms with Crippen LogP contribution in [0.15, 0.2) is 61.2 Å². The average Bonchev–Trinajstić information content (AvgIpc) is 3.19. The second-order valence-corrected chi connectivity index (χ2v) is 8.48. The minimum atomic E-state index is -0.419. The first-order valence-corrected chi connectivity index (χ1v) is 10.8. The number of hydrogen-bond acceptors (Lipinski definition) is 4. The van der Waals surface area contributed by atoms with Crippen molar-refractivity contribution in [1.29, 1.82) is 0 Å². The van der Waals surface area contributed by atoms with Crippen molar-refractivity contribution in [2.75, 3.05) is 11.4 Å². The minimum absolute atomic E-state index is 0.0131. The Morgan fingerprint density at radius 1 is 1.10 bits per heavy atom. The van der Waals surface area contributed by atoms with Crippen LogP contribution < -0.4 is 9.64 Å². The third-order valence-electron chi connectivity index (χ3n) is 5.57. The van der Waals surface area contributed by atoms with Gasteiger partial charge in [0.05, 0.1) is 11.6 Å². The van der Waals surface area contributed by atoms with Crippen LogP contribution in [0.5, 0.6) is 11.5 Å². The summed E-state index contributed by atoms with van der Waals surface area (Å²) in [5.41, 5.74) is 2.95. The number of aryl methyl sites for hydroxylation is 2. The molecule has 4 nitrogen and oxygen atoms in total. The Bertz CT molecular complexity index is 1020. The molecule has 1 aromatic heterocycles. The van der Waals surface area contributed by atoms with E-state index in [0.717, 1.165) is 46.3 Å². The highest BCUT2D eigenvalue weighted by Gasteiger charge is 2.36. The van der Waals surface area contributed by atoms with Gasteiger partial charge < -0.3 is 4.74 Å². The van der Waals surface area contributed by atoms with Gasteiger partial charge in [0, 0.05) is 22.5 Å². The Morgan fingerprint density at radius 3 is 2.41 bits per heavy atom. The molecule has 0 N–H and O–H groups in total.